The first-order valence-corrected chi connectivity index (χ1v) is 12.5. The second-order valence-corrected chi connectivity index (χ2v) is 10.3. The molecule has 0 atom stereocenters. The van der Waals surface area contributed by atoms with E-state index in [1.165, 1.54) is 16.0 Å². The molecular weight excluding hydrogens is 543 g/mol. The van der Waals surface area contributed by atoms with Crippen molar-refractivity contribution in [3.05, 3.63) is 110 Å². The molecule has 1 aliphatic heterocycles. The number of hydrogen-bond acceptors (Lipinski definition) is 3. The largest absolute Gasteiger partial charge is 0.342 e. The molecule has 5 rings (SSSR count). The lowest BCUT2D eigenvalue weighted by molar-refractivity contribution is -0.123. The number of nitrogens with zero attached hydrogens (tertiary/aromatic N) is 2. The third-order valence-corrected chi connectivity index (χ3v) is 7.33. The van der Waals surface area contributed by atoms with Crippen LogP contribution in [0.1, 0.15) is 22.3 Å². The van der Waals surface area contributed by atoms with Crippen LogP contribution >= 0.6 is 34.4 Å². The van der Waals surface area contributed by atoms with Gasteiger partial charge in [0.05, 0.1) is 11.4 Å². The lowest BCUT2D eigenvalue weighted by atomic mass is 10.1. The number of aryl methyl sites for hydroxylation is 1. The number of amides is 2. The van der Waals surface area contributed by atoms with Crippen LogP contribution in [0.2, 0.25) is 0 Å². The summed E-state index contributed by atoms with van der Waals surface area (Å²) in [7, 11) is 0. The zero-order valence-electron chi connectivity index (χ0n) is 18.0. The van der Waals surface area contributed by atoms with Crippen molar-refractivity contribution in [2.24, 2.45) is 0 Å². The zero-order valence-corrected chi connectivity index (χ0v) is 21.0. The van der Waals surface area contributed by atoms with E-state index < -0.39 is 0 Å². The van der Waals surface area contributed by atoms with Gasteiger partial charge in [-0.05, 0) is 76.7 Å². The predicted molar refractivity (Wildman–Crippen MR) is 143 cm³/mol. The van der Waals surface area contributed by atoms with E-state index in [-0.39, 0.29) is 17.7 Å². The standard InChI is InChI=1S/C27H21IN2O2S/c1-18-6-8-19(9-7-18)15-29-17-21(23-4-2-3-5-24(23)29)14-25-26(31)30(27(32)33-25)16-20-10-12-22(28)13-11-20/h2-14,17H,15-16H2,1H3/b25-14-. The van der Waals surface area contributed by atoms with Crippen LogP contribution in [0.4, 0.5) is 4.79 Å². The van der Waals surface area contributed by atoms with Crippen LogP contribution in [-0.2, 0) is 17.9 Å². The fourth-order valence-corrected chi connectivity index (χ4v) is 5.15. The summed E-state index contributed by atoms with van der Waals surface area (Å²) in [5.41, 5.74) is 5.43. The van der Waals surface area contributed by atoms with Gasteiger partial charge in [0, 0.05) is 32.8 Å². The van der Waals surface area contributed by atoms with Crippen LogP contribution in [-0.4, -0.2) is 20.6 Å². The summed E-state index contributed by atoms with van der Waals surface area (Å²) in [6.45, 7) is 3.11. The zero-order chi connectivity index (χ0) is 22.9. The number of fused-ring (bicyclic) bond motifs is 1. The van der Waals surface area contributed by atoms with Gasteiger partial charge < -0.3 is 4.57 Å². The molecule has 0 radical (unpaired) electrons. The van der Waals surface area contributed by atoms with E-state index in [0.717, 1.165) is 43.9 Å². The second kappa shape index (κ2) is 9.19. The second-order valence-electron chi connectivity index (χ2n) is 8.11. The van der Waals surface area contributed by atoms with Crippen molar-refractivity contribution in [1.82, 2.24) is 9.47 Å². The van der Waals surface area contributed by atoms with E-state index in [2.05, 4.69) is 76.7 Å². The highest BCUT2D eigenvalue weighted by Crippen LogP contribution is 2.35. The van der Waals surface area contributed by atoms with Crippen molar-refractivity contribution < 1.29 is 9.59 Å². The smallest absolute Gasteiger partial charge is 0.293 e. The van der Waals surface area contributed by atoms with Gasteiger partial charge in [-0.3, -0.25) is 14.5 Å². The van der Waals surface area contributed by atoms with E-state index >= 15 is 0 Å². The third kappa shape index (κ3) is 4.63. The number of thioether (sulfide) groups is 1. The number of carbonyl (C=O) groups excluding carboxylic acids is 2. The summed E-state index contributed by atoms with van der Waals surface area (Å²) in [5, 5.41) is 0.835. The molecule has 6 heteroatoms. The average molecular weight is 564 g/mol. The number of benzene rings is 3. The maximum atomic E-state index is 13.1. The van der Waals surface area contributed by atoms with Gasteiger partial charge in [0.2, 0.25) is 0 Å². The molecule has 0 N–H and O–H groups in total. The van der Waals surface area contributed by atoms with Crippen molar-refractivity contribution in [2.45, 2.75) is 20.0 Å². The molecule has 2 heterocycles. The predicted octanol–water partition coefficient (Wildman–Crippen LogP) is 6.84. The van der Waals surface area contributed by atoms with Crippen LogP contribution in [0.3, 0.4) is 0 Å². The Labute approximate surface area is 210 Å². The molecule has 4 nitrogen and oxygen atoms in total. The molecule has 4 aromatic rings. The van der Waals surface area contributed by atoms with Crippen molar-refractivity contribution in [2.75, 3.05) is 0 Å². The van der Waals surface area contributed by atoms with E-state index in [1.807, 2.05) is 42.5 Å². The Hall–Kier alpha value is -2.84. The van der Waals surface area contributed by atoms with Crippen molar-refractivity contribution in [3.63, 3.8) is 0 Å². The first-order valence-electron chi connectivity index (χ1n) is 10.6. The van der Waals surface area contributed by atoms with Crippen LogP contribution in [0.15, 0.2) is 83.9 Å². The maximum Gasteiger partial charge on any atom is 0.293 e. The number of para-hydroxylation sites is 1. The van der Waals surface area contributed by atoms with Crippen molar-refractivity contribution in [1.29, 1.82) is 0 Å². The molecule has 0 unspecified atom stereocenters. The summed E-state index contributed by atoms with van der Waals surface area (Å²) < 4.78 is 3.31. The highest BCUT2D eigenvalue weighted by Gasteiger charge is 2.35. The lowest BCUT2D eigenvalue weighted by Crippen LogP contribution is -2.27. The van der Waals surface area contributed by atoms with Gasteiger partial charge in [0.25, 0.3) is 11.1 Å². The molecular formula is C27H21IN2O2S. The van der Waals surface area contributed by atoms with Crippen molar-refractivity contribution in [3.8, 4) is 0 Å². The molecule has 0 spiro atoms. The van der Waals surface area contributed by atoms with Gasteiger partial charge in [-0.1, -0.05) is 60.2 Å². The van der Waals surface area contributed by atoms with Gasteiger partial charge >= 0.3 is 0 Å². The average Bonchev–Trinajstić information content (AvgIpc) is 3.29. The maximum absolute atomic E-state index is 13.1. The lowest BCUT2D eigenvalue weighted by Gasteiger charge is -2.12. The Bertz CT molecular complexity index is 1390. The fraction of sp³-hybridized carbons (Fsp3) is 0.111. The highest BCUT2D eigenvalue weighted by atomic mass is 127. The van der Waals surface area contributed by atoms with Crippen LogP contribution < -0.4 is 0 Å². The molecule has 0 saturated carbocycles. The Kier molecular flexibility index (Phi) is 6.12. The molecule has 164 valence electrons. The van der Waals surface area contributed by atoms with E-state index in [4.69, 9.17) is 0 Å². The van der Waals surface area contributed by atoms with E-state index in [0.29, 0.717) is 4.91 Å². The van der Waals surface area contributed by atoms with Crippen LogP contribution in [0, 0.1) is 10.5 Å². The normalized spacial score (nSPS) is 15.2. The number of hydrogen-bond donors (Lipinski definition) is 0. The fourth-order valence-electron chi connectivity index (χ4n) is 3.96. The summed E-state index contributed by atoms with van der Waals surface area (Å²) in [5.74, 6) is -0.237. The minimum atomic E-state index is -0.237. The van der Waals surface area contributed by atoms with E-state index in [9.17, 15) is 9.59 Å². The molecule has 33 heavy (non-hydrogen) atoms. The molecule has 3 aromatic carbocycles. The van der Waals surface area contributed by atoms with Crippen molar-refractivity contribution >= 4 is 62.5 Å². The highest BCUT2D eigenvalue weighted by molar-refractivity contribution is 14.1. The van der Waals surface area contributed by atoms with Gasteiger partial charge in [0.15, 0.2) is 0 Å². The molecule has 1 saturated heterocycles. The number of imide groups is 1. The van der Waals surface area contributed by atoms with Gasteiger partial charge in [-0.15, -0.1) is 0 Å². The SMILES string of the molecule is Cc1ccc(Cn2cc(/C=C3\SC(=O)N(Cc4ccc(I)cc4)C3=O)c3ccccc32)cc1. The van der Waals surface area contributed by atoms with Gasteiger partial charge in [0.1, 0.15) is 0 Å². The third-order valence-electron chi connectivity index (χ3n) is 5.71. The molecule has 0 bridgehead atoms. The monoisotopic (exact) mass is 564 g/mol. The topological polar surface area (TPSA) is 42.3 Å². The first-order chi connectivity index (χ1) is 16.0. The number of halogens is 1. The Morgan fingerprint density at radius 1 is 0.879 bits per heavy atom. The summed E-state index contributed by atoms with van der Waals surface area (Å²) in [6.07, 6.45) is 3.92. The Balaban J connectivity index is 1.45. The summed E-state index contributed by atoms with van der Waals surface area (Å²) >= 11 is 3.25. The number of aromatic nitrogens is 1. The summed E-state index contributed by atoms with van der Waals surface area (Å²) in [6, 6.07) is 24.5. The van der Waals surface area contributed by atoms with Gasteiger partial charge in [-0.2, -0.15) is 0 Å². The molecule has 2 amide bonds. The molecule has 1 aromatic heterocycles. The Morgan fingerprint density at radius 3 is 2.30 bits per heavy atom. The van der Waals surface area contributed by atoms with Crippen LogP contribution in [0.25, 0.3) is 17.0 Å². The minimum absolute atomic E-state index is 0.229. The number of carbonyl (C=O) groups is 2. The first kappa shape index (κ1) is 22.0. The minimum Gasteiger partial charge on any atom is -0.342 e. The number of rotatable bonds is 5. The Morgan fingerprint density at radius 2 is 1.55 bits per heavy atom. The van der Waals surface area contributed by atoms with Crippen LogP contribution in [0.5, 0.6) is 0 Å². The summed E-state index contributed by atoms with van der Waals surface area (Å²) in [4.78, 5) is 27.5. The molecule has 1 aliphatic rings. The molecule has 0 aliphatic carbocycles. The van der Waals surface area contributed by atoms with Gasteiger partial charge in [-0.25, -0.2) is 0 Å². The molecule has 1 fully saturated rings. The van der Waals surface area contributed by atoms with E-state index in [1.54, 1.807) is 0 Å². The quantitative estimate of drug-likeness (QED) is 0.197.